The molecule has 1 amide bonds. The predicted molar refractivity (Wildman–Crippen MR) is 164 cm³/mol. The van der Waals surface area contributed by atoms with Crippen molar-refractivity contribution in [3.8, 4) is 5.75 Å². The first-order chi connectivity index (χ1) is 21.3. The molecule has 1 unspecified atom stereocenters. The van der Waals surface area contributed by atoms with E-state index in [1.807, 2.05) is 36.4 Å². The summed E-state index contributed by atoms with van der Waals surface area (Å²) in [7, 11) is -2.50. The molecule has 2 aromatic carbocycles. The second-order valence-electron chi connectivity index (χ2n) is 11.6. The number of nitrogens with zero attached hydrogens (tertiary/aromatic N) is 2. The van der Waals surface area contributed by atoms with Crippen molar-refractivity contribution in [2.75, 3.05) is 46.5 Å². The molecule has 44 heavy (non-hydrogen) atoms. The molecule has 3 saturated heterocycles. The smallest absolute Gasteiger partial charge is 0.407 e. The number of nitrogens with one attached hydrogen (secondary N) is 1. The van der Waals surface area contributed by atoms with Gasteiger partial charge in [0.05, 0.1) is 43.3 Å². The molecule has 11 nitrogen and oxygen atoms in total. The van der Waals surface area contributed by atoms with Crippen LogP contribution in [-0.4, -0.2) is 106 Å². The van der Waals surface area contributed by atoms with Crippen molar-refractivity contribution in [2.24, 2.45) is 5.92 Å². The molecule has 0 aromatic heterocycles. The SMILES string of the molecule is C=CCN1CCCC1CN(C[C@@H](O)[C@H](Cc1ccccc1)NC(=O)O[C@H]1CO[C@H]2OCC[C@H]21)S(=O)(=O)c1ccc(OC)cc1. The van der Waals surface area contributed by atoms with Gasteiger partial charge in [0.1, 0.15) is 11.9 Å². The number of carbonyl (C=O) groups is 1. The van der Waals surface area contributed by atoms with Gasteiger partial charge in [-0.3, -0.25) is 4.90 Å². The van der Waals surface area contributed by atoms with Crippen molar-refractivity contribution < 1.29 is 37.3 Å². The summed E-state index contributed by atoms with van der Waals surface area (Å²) in [5.41, 5.74) is 0.878. The van der Waals surface area contributed by atoms with Crippen molar-refractivity contribution in [3.05, 3.63) is 72.8 Å². The van der Waals surface area contributed by atoms with Gasteiger partial charge in [-0.15, -0.1) is 6.58 Å². The lowest BCUT2D eigenvalue weighted by Crippen LogP contribution is -2.53. The lowest BCUT2D eigenvalue weighted by molar-refractivity contribution is -0.0907. The number of methoxy groups -OCH3 is 1. The fraction of sp³-hybridized carbons (Fsp3) is 0.531. The van der Waals surface area contributed by atoms with Gasteiger partial charge in [-0.25, -0.2) is 13.2 Å². The normalized spacial score (nSPS) is 25.0. The first kappa shape index (κ1) is 32.4. The van der Waals surface area contributed by atoms with Crippen LogP contribution >= 0.6 is 0 Å². The van der Waals surface area contributed by atoms with E-state index in [0.29, 0.717) is 18.9 Å². The lowest BCUT2D eigenvalue weighted by atomic mass is 10.0. The number of benzene rings is 2. The molecule has 0 aliphatic carbocycles. The zero-order valence-electron chi connectivity index (χ0n) is 25.1. The third kappa shape index (κ3) is 7.79. The number of sulfonamides is 1. The summed E-state index contributed by atoms with van der Waals surface area (Å²) in [5.74, 6) is 0.505. The minimum Gasteiger partial charge on any atom is -0.497 e. The second-order valence-corrected chi connectivity index (χ2v) is 13.5. The highest BCUT2D eigenvalue weighted by Crippen LogP contribution is 2.33. The quantitative estimate of drug-likeness (QED) is 0.304. The van der Waals surface area contributed by atoms with Crippen LogP contribution < -0.4 is 10.1 Å². The Hall–Kier alpha value is -3.00. The number of alkyl carbamates (subject to hydrolysis) is 1. The van der Waals surface area contributed by atoms with Gasteiger partial charge in [0, 0.05) is 25.7 Å². The number of hydrogen-bond acceptors (Lipinski definition) is 9. The number of amides is 1. The summed E-state index contributed by atoms with van der Waals surface area (Å²) < 4.78 is 51.5. The van der Waals surface area contributed by atoms with Gasteiger partial charge < -0.3 is 29.4 Å². The summed E-state index contributed by atoms with van der Waals surface area (Å²) in [4.78, 5) is 15.5. The Balaban J connectivity index is 1.36. The highest BCUT2D eigenvalue weighted by molar-refractivity contribution is 7.89. The number of hydrogen-bond donors (Lipinski definition) is 2. The van der Waals surface area contributed by atoms with E-state index >= 15 is 0 Å². The van der Waals surface area contributed by atoms with Crippen LogP contribution in [-0.2, 0) is 30.7 Å². The Morgan fingerprint density at radius 2 is 1.95 bits per heavy atom. The van der Waals surface area contributed by atoms with Crippen LogP contribution in [0.2, 0.25) is 0 Å². The average molecular weight is 630 g/mol. The van der Waals surface area contributed by atoms with Crippen LogP contribution in [0.15, 0.2) is 72.1 Å². The topological polar surface area (TPSA) is 127 Å². The molecule has 2 aromatic rings. The highest BCUT2D eigenvalue weighted by atomic mass is 32.2. The summed E-state index contributed by atoms with van der Waals surface area (Å²) >= 11 is 0. The maximum absolute atomic E-state index is 14.1. The van der Waals surface area contributed by atoms with Crippen LogP contribution in [0, 0.1) is 5.92 Å². The zero-order valence-corrected chi connectivity index (χ0v) is 25.9. The molecular formula is C32H43N3O8S. The monoisotopic (exact) mass is 629 g/mol. The van der Waals surface area contributed by atoms with Crippen molar-refractivity contribution >= 4 is 16.1 Å². The van der Waals surface area contributed by atoms with Crippen LogP contribution in [0.25, 0.3) is 0 Å². The maximum Gasteiger partial charge on any atom is 0.407 e. The van der Waals surface area contributed by atoms with Gasteiger partial charge in [0.2, 0.25) is 10.0 Å². The van der Waals surface area contributed by atoms with E-state index in [0.717, 1.165) is 31.4 Å². The molecular weight excluding hydrogens is 586 g/mol. The summed E-state index contributed by atoms with van der Waals surface area (Å²) in [6.07, 6.45) is 1.84. The Kier molecular flexibility index (Phi) is 10.9. The van der Waals surface area contributed by atoms with Gasteiger partial charge in [-0.1, -0.05) is 36.4 Å². The average Bonchev–Trinajstić information content (AvgIpc) is 3.77. The van der Waals surface area contributed by atoms with Crippen LogP contribution in [0.4, 0.5) is 4.79 Å². The molecule has 3 aliphatic rings. The molecule has 240 valence electrons. The zero-order chi connectivity index (χ0) is 31.1. The van der Waals surface area contributed by atoms with E-state index in [2.05, 4.69) is 16.8 Å². The van der Waals surface area contributed by atoms with Gasteiger partial charge in [-0.2, -0.15) is 4.31 Å². The summed E-state index contributed by atoms with van der Waals surface area (Å²) in [6, 6.07) is 14.8. The first-order valence-electron chi connectivity index (χ1n) is 15.2. The number of rotatable bonds is 14. The number of likely N-dealkylation sites (tertiary alicyclic amines) is 1. The standard InChI is InChI=1S/C32H43N3O8S/c1-3-16-34-17-7-10-24(34)20-35(44(38,39)26-13-11-25(40-2)12-14-26)21-29(36)28(19-23-8-5-4-6-9-23)33-32(37)43-30-22-42-31-27(30)15-18-41-31/h3-6,8-9,11-14,24,27-31,36H,1,7,10,15-22H2,2H3,(H,33,37)/t24?,27-,28-,29+,30-,31+/m0/s1. The van der Waals surface area contributed by atoms with Crippen molar-refractivity contribution in [1.82, 2.24) is 14.5 Å². The number of aliphatic hydroxyl groups is 1. The fourth-order valence-corrected chi connectivity index (χ4v) is 7.76. The van der Waals surface area contributed by atoms with Gasteiger partial charge in [-0.05, 0) is 62.1 Å². The largest absolute Gasteiger partial charge is 0.497 e. The molecule has 0 saturated carbocycles. The van der Waals surface area contributed by atoms with Gasteiger partial charge in [0.25, 0.3) is 0 Å². The molecule has 5 rings (SSSR count). The van der Waals surface area contributed by atoms with Crippen LogP contribution in [0.5, 0.6) is 5.75 Å². The fourth-order valence-electron chi connectivity index (χ4n) is 6.27. The number of fused-ring (bicyclic) bond motifs is 1. The van der Waals surface area contributed by atoms with E-state index in [1.165, 1.54) is 23.5 Å². The van der Waals surface area contributed by atoms with Crippen LogP contribution in [0.3, 0.4) is 0 Å². The third-order valence-corrected chi connectivity index (χ3v) is 10.5. The van der Waals surface area contributed by atoms with E-state index in [1.54, 1.807) is 12.1 Å². The predicted octanol–water partition coefficient (Wildman–Crippen LogP) is 2.80. The van der Waals surface area contributed by atoms with Crippen LogP contribution in [0.1, 0.15) is 24.8 Å². The number of carbonyl (C=O) groups excluding carboxylic acids is 1. The van der Waals surface area contributed by atoms with Gasteiger partial charge >= 0.3 is 6.09 Å². The number of aliphatic hydroxyl groups excluding tert-OH is 1. The first-order valence-corrected chi connectivity index (χ1v) is 16.6. The lowest BCUT2D eigenvalue weighted by Gasteiger charge is -2.33. The molecule has 0 radical (unpaired) electrons. The molecule has 0 spiro atoms. The Morgan fingerprint density at radius 3 is 2.68 bits per heavy atom. The molecule has 3 heterocycles. The molecule has 12 heteroatoms. The van der Waals surface area contributed by atoms with E-state index < -0.39 is 34.4 Å². The number of ether oxygens (including phenoxy) is 4. The molecule has 3 fully saturated rings. The Bertz CT molecular complexity index is 1340. The molecule has 2 N–H and O–H groups in total. The highest BCUT2D eigenvalue weighted by Gasteiger charge is 2.44. The van der Waals surface area contributed by atoms with E-state index in [-0.39, 0.29) is 49.3 Å². The van der Waals surface area contributed by atoms with E-state index in [9.17, 15) is 18.3 Å². The summed E-state index contributed by atoms with van der Waals surface area (Å²) in [5, 5.41) is 14.5. The minimum absolute atomic E-state index is 0.0340. The Labute approximate surface area is 259 Å². The maximum atomic E-state index is 14.1. The second kappa shape index (κ2) is 14.9. The third-order valence-electron chi connectivity index (χ3n) is 8.67. The van der Waals surface area contributed by atoms with Crippen molar-refractivity contribution in [1.29, 1.82) is 0 Å². The van der Waals surface area contributed by atoms with E-state index in [4.69, 9.17) is 18.9 Å². The molecule has 0 bridgehead atoms. The van der Waals surface area contributed by atoms with Crippen molar-refractivity contribution in [3.63, 3.8) is 0 Å². The molecule has 3 aliphatic heterocycles. The summed E-state index contributed by atoms with van der Waals surface area (Å²) in [6.45, 7) is 6.09. The minimum atomic E-state index is -4.02. The molecule has 6 atom stereocenters. The van der Waals surface area contributed by atoms with Gasteiger partial charge in [0.15, 0.2) is 6.29 Å². The van der Waals surface area contributed by atoms with Crippen molar-refractivity contribution in [2.45, 2.75) is 61.2 Å². The Morgan fingerprint density at radius 1 is 1.18 bits per heavy atom.